The van der Waals surface area contributed by atoms with Crippen LogP contribution in [0, 0.1) is 0 Å². The van der Waals surface area contributed by atoms with Crippen LogP contribution in [0.1, 0.15) is 12.8 Å². The summed E-state index contributed by atoms with van der Waals surface area (Å²) in [5.74, 6) is 0.907. The van der Waals surface area contributed by atoms with Crippen LogP contribution in [0.5, 0.6) is 0 Å². The fourth-order valence-corrected chi connectivity index (χ4v) is 1.49. The van der Waals surface area contributed by atoms with E-state index in [-0.39, 0.29) is 0 Å². The van der Waals surface area contributed by atoms with E-state index in [2.05, 4.69) is 26.2 Å². The van der Waals surface area contributed by atoms with Crippen molar-refractivity contribution in [3.63, 3.8) is 0 Å². The highest BCUT2D eigenvalue weighted by Crippen LogP contribution is 2.17. The van der Waals surface area contributed by atoms with Crippen LogP contribution in [-0.4, -0.2) is 25.2 Å². The number of nitrogens with one attached hydrogen (secondary N) is 1. The van der Waals surface area contributed by atoms with Crippen molar-refractivity contribution in [3.05, 3.63) is 22.8 Å². The Morgan fingerprint density at radius 2 is 2.36 bits per heavy atom. The lowest BCUT2D eigenvalue weighted by Gasteiger charge is -2.06. The number of ether oxygens (including phenoxy) is 1. The van der Waals surface area contributed by atoms with Gasteiger partial charge in [0.25, 0.3) is 0 Å². The lowest BCUT2D eigenvalue weighted by atomic mass is 10.3. The van der Waals surface area contributed by atoms with E-state index in [1.54, 1.807) is 13.3 Å². The van der Waals surface area contributed by atoms with Crippen LogP contribution >= 0.6 is 15.9 Å². The van der Waals surface area contributed by atoms with Crippen molar-refractivity contribution in [1.82, 2.24) is 4.98 Å². The van der Waals surface area contributed by atoms with Crippen LogP contribution in [0.2, 0.25) is 0 Å². The van der Waals surface area contributed by atoms with E-state index >= 15 is 0 Å². The Bertz CT molecular complexity index is 268. The van der Waals surface area contributed by atoms with Gasteiger partial charge in [-0.3, -0.25) is 0 Å². The van der Waals surface area contributed by atoms with E-state index in [9.17, 15) is 0 Å². The molecule has 0 saturated carbocycles. The van der Waals surface area contributed by atoms with Gasteiger partial charge in [0, 0.05) is 26.5 Å². The van der Waals surface area contributed by atoms with E-state index < -0.39 is 0 Å². The zero-order valence-electron chi connectivity index (χ0n) is 8.29. The number of methoxy groups -OCH3 is 1. The Morgan fingerprint density at radius 1 is 1.50 bits per heavy atom. The molecule has 4 heteroatoms. The molecule has 1 N–H and O–H groups in total. The highest BCUT2D eigenvalue weighted by molar-refractivity contribution is 9.10. The summed E-state index contributed by atoms with van der Waals surface area (Å²) in [5.41, 5.74) is 0. The number of hydrogen-bond donors (Lipinski definition) is 1. The van der Waals surface area contributed by atoms with E-state index in [4.69, 9.17) is 4.74 Å². The minimum atomic E-state index is 0.824. The number of pyridine rings is 1. The van der Waals surface area contributed by atoms with Crippen molar-refractivity contribution >= 4 is 21.7 Å². The molecule has 0 fully saturated rings. The fraction of sp³-hybridized carbons (Fsp3) is 0.500. The van der Waals surface area contributed by atoms with E-state index in [0.29, 0.717) is 0 Å². The molecule has 0 aliphatic heterocycles. The molecule has 0 aromatic carbocycles. The van der Waals surface area contributed by atoms with Crippen molar-refractivity contribution in [2.45, 2.75) is 12.8 Å². The lowest BCUT2D eigenvalue weighted by molar-refractivity contribution is 0.194. The summed E-state index contributed by atoms with van der Waals surface area (Å²) in [4.78, 5) is 4.21. The first-order valence-corrected chi connectivity index (χ1v) is 5.47. The molecule has 0 aliphatic rings. The van der Waals surface area contributed by atoms with Gasteiger partial charge >= 0.3 is 0 Å². The van der Waals surface area contributed by atoms with Crippen LogP contribution in [0.3, 0.4) is 0 Å². The highest BCUT2D eigenvalue weighted by Gasteiger charge is 1.97. The first-order valence-electron chi connectivity index (χ1n) is 4.68. The molecule has 1 heterocycles. The Morgan fingerprint density at radius 3 is 3.07 bits per heavy atom. The summed E-state index contributed by atoms with van der Waals surface area (Å²) >= 11 is 3.43. The molecule has 0 radical (unpaired) electrons. The number of aromatic nitrogens is 1. The first kappa shape index (κ1) is 11.5. The van der Waals surface area contributed by atoms with Crippen molar-refractivity contribution < 1.29 is 4.74 Å². The maximum atomic E-state index is 4.97. The maximum Gasteiger partial charge on any atom is 0.140 e. The fourth-order valence-electron chi connectivity index (χ4n) is 1.09. The minimum Gasteiger partial charge on any atom is -0.385 e. The molecule has 3 nitrogen and oxygen atoms in total. The summed E-state index contributed by atoms with van der Waals surface area (Å²) in [7, 11) is 1.72. The van der Waals surface area contributed by atoms with Gasteiger partial charge in [-0.1, -0.05) is 0 Å². The summed E-state index contributed by atoms with van der Waals surface area (Å²) in [6.07, 6.45) is 3.95. The van der Waals surface area contributed by atoms with Crippen molar-refractivity contribution in [1.29, 1.82) is 0 Å². The number of halogens is 1. The predicted octanol–water partition coefficient (Wildman–Crippen LogP) is 2.68. The SMILES string of the molecule is COCCCCNc1ncccc1Br. The second kappa shape index (κ2) is 6.79. The van der Waals surface area contributed by atoms with E-state index in [1.165, 1.54) is 0 Å². The summed E-state index contributed by atoms with van der Waals surface area (Å²) < 4.78 is 5.97. The average molecular weight is 259 g/mol. The van der Waals surface area contributed by atoms with Crippen LogP contribution < -0.4 is 5.32 Å². The second-order valence-corrected chi connectivity index (χ2v) is 3.81. The van der Waals surface area contributed by atoms with Gasteiger partial charge in [-0.15, -0.1) is 0 Å². The molecule has 78 valence electrons. The van der Waals surface area contributed by atoms with Crippen LogP contribution in [-0.2, 0) is 4.74 Å². The van der Waals surface area contributed by atoms with Gasteiger partial charge in [-0.05, 0) is 40.9 Å². The third-order valence-corrected chi connectivity index (χ3v) is 2.47. The monoisotopic (exact) mass is 258 g/mol. The van der Waals surface area contributed by atoms with E-state index in [0.717, 1.165) is 36.3 Å². The van der Waals surface area contributed by atoms with Gasteiger partial charge in [-0.2, -0.15) is 0 Å². The van der Waals surface area contributed by atoms with Gasteiger partial charge in [0.2, 0.25) is 0 Å². The molecule has 0 amide bonds. The Hall–Kier alpha value is -0.610. The molecule has 14 heavy (non-hydrogen) atoms. The molecule has 0 saturated heterocycles. The van der Waals surface area contributed by atoms with Crippen LogP contribution in [0.25, 0.3) is 0 Å². The minimum absolute atomic E-state index is 0.824. The Labute approximate surface area is 93.0 Å². The molecule has 0 aliphatic carbocycles. The molecule has 0 spiro atoms. The summed E-state index contributed by atoms with van der Waals surface area (Å²) in [6, 6.07) is 3.88. The van der Waals surface area contributed by atoms with Crippen LogP contribution in [0.4, 0.5) is 5.82 Å². The van der Waals surface area contributed by atoms with Gasteiger partial charge in [0.1, 0.15) is 5.82 Å². The third kappa shape index (κ3) is 4.07. The molecular formula is C10H15BrN2O. The van der Waals surface area contributed by atoms with E-state index in [1.807, 2.05) is 12.1 Å². The zero-order valence-corrected chi connectivity index (χ0v) is 9.88. The number of hydrogen-bond acceptors (Lipinski definition) is 3. The van der Waals surface area contributed by atoms with Gasteiger partial charge in [0.15, 0.2) is 0 Å². The third-order valence-electron chi connectivity index (χ3n) is 1.83. The standard InChI is InChI=1S/C10H15BrN2O/c1-14-8-3-2-6-12-10-9(11)5-4-7-13-10/h4-5,7H,2-3,6,8H2,1H3,(H,12,13). The molecule has 0 unspecified atom stereocenters. The second-order valence-electron chi connectivity index (χ2n) is 2.96. The maximum absolute atomic E-state index is 4.97. The van der Waals surface area contributed by atoms with Gasteiger partial charge < -0.3 is 10.1 Å². The quantitative estimate of drug-likeness (QED) is 0.797. The Balaban J connectivity index is 2.21. The smallest absolute Gasteiger partial charge is 0.140 e. The Kier molecular flexibility index (Phi) is 5.56. The topological polar surface area (TPSA) is 34.1 Å². The normalized spacial score (nSPS) is 10.1. The molecule has 1 rings (SSSR count). The highest BCUT2D eigenvalue weighted by atomic mass is 79.9. The largest absolute Gasteiger partial charge is 0.385 e. The number of unbranched alkanes of at least 4 members (excludes halogenated alkanes) is 1. The number of nitrogens with zero attached hydrogens (tertiary/aromatic N) is 1. The molecule has 1 aromatic heterocycles. The number of anilines is 1. The van der Waals surface area contributed by atoms with Gasteiger partial charge in [0.05, 0.1) is 4.47 Å². The molecule has 0 bridgehead atoms. The lowest BCUT2D eigenvalue weighted by Crippen LogP contribution is -2.04. The molecule has 0 atom stereocenters. The summed E-state index contributed by atoms with van der Waals surface area (Å²) in [6.45, 7) is 1.75. The average Bonchev–Trinajstić information content (AvgIpc) is 2.20. The number of rotatable bonds is 6. The van der Waals surface area contributed by atoms with Crippen molar-refractivity contribution in [3.8, 4) is 0 Å². The molecular weight excluding hydrogens is 244 g/mol. The summed E-state index contributed by atoms with van der Waals surface area (Å²) in [5, 5.41) is 3.26. The van der Waals surface area contributed by atoms with Crippen molar-refractivity contribution in [2.24, 2.45) is 0 Å². The van der Waals surface area contributed by atoms with Crippen molar-refractivity contribution in [2.75, 3.05) is 25.6 Å². The van der Waals surface area contributed by atoms with Gasteiger partial charge in [-0.25, -0.2) is 4.98 Å². The molecule has 1 aromatic rings. The first-order chi connectivity index (χ1) is 6.84. The predicted molar refractivity (Wildman–Crippen MR) is 61.5 cm³/mol. The zero-order chi connectivity index (χ0) is 10.2. The van der Waals surface area contributed by atoms with Crippen LogP contribution in [0.15, 0.2) is 22.8 Å².